The Morgan fingerprint density at radius 3 is 2.74 bits per heavy atom. The summed E-state index contributed by atoms with van der Waals surface area (Å²) in [5, 5.41) is 14.1. The van der Waals surface area contributed by atoms with E-state index in [1.807, 2.05) is 30.3 Å². The molecule has 0 radical (unpaired) electrons. The van der Waals surface area contributed by atoms with Gasteiger partial charge < -0.3 is 9.84 Å². The highest BCUT2D eigenvalue weighted by Crippen LogP contribution is 2.22. The maximum Gasteiger partial charge on any atom is 0.336 e. The molecule has 100 valence electrons. The van der Waals surface area contributed by atoms with Crippen molar-refractivity contribution in [1.29, 1.82) is 0 Å². The van der Waals surface area contributed by atoms with Gasteiger partial charge >= 0.3 is 6.01 Å². The standard InChI is InChI=1S/C14H17N3O2/c18-12-8-4-5-9-13(12)19-14-15-10-17(16-14)11-6-2-1-3-7-11/h1-3,6-7,10,12-13,18H,4-5,8-9H2/t12-,13-/m0/s1. The van der Waals surface area contributed by atoms with Crippen molar-refractivity contribution < 1.29 is 9.84 Å². The molecule has 0 aliphatic heterocycles. The molecule has 3 rings (SSSR count). The van der Waals surface area contributed by atoms with E-state index in [2.05, 4.69) is 10.1 Å². The number of hydrogen-bond acceptors (Lipinski definition) is 4. The Hall–Kier alpha value is -1.88. The third-order valence-corrected chi connectivity index (χ3v) is 3.42. The van der Waals surface area contributed by atoms with Crippen LogP contribution in [0.1, 0.15) is 25.7 Å². The number of para-hydroxylation sites is 1. The van der Waals surface area contributed by atoms with Crippen molar-refractivity contribution in [2.24, 2.45) is 0 Å². The van der Waals surface area contributed by atoms with Crippen molar-refractivity contribution in [3.05, 3.63) is 36.7 Å². The van der Waals surface area contributed by atoms with Crippen molar-refractivity contribution in [2.45, 2.75) is 37.9 Å². The van der Waals surface area contributed by atoms with Gasteiger partial charge in [0.05, 0.1) is 11.8 Å². The van der Waals surface area contributed by atoms with Crippen LogP contribution in [-0.2, 0) is 0 Å². The number of aliphatic hydroxyl groups excluding tert-OH is 1. The minimum Gasteiger partial charge on any atom is -0.456 e. The minimum absolute atomic E-state index is 0.180. The Balaban J connectivity index is 1.71. The van der Waals surface area contributed by atoms with Crippen molar-refractivity contribution in [2.75, 3.05) is 0 Å². The third-order valence-electron chi connectivity index (χ3n) is 3.42. The quantitative estimate of drug-likeness (QED) is 0.915. The molecular formula is C14H17N3O2. The molecule has 1 aliphatic carbocycles. The molecule has 1 N–H and O–H groups in total. The van der Waals surface area contributed by atoms with Gasteiger partial charge in [0.1, 0.15) is 12.4 Å². The lowest BCUT2D eigenvalue weighted by molar-refractivity contribution is 0.00200. The summed E-state index contributed by atoms with van der Waals surface area (Å²) in [4.78, 5) is 4.14. The van der Waals surface area contributed by atoms with Gasteiger partial charge in [-0.2, -0.15) is 4.98 Å². The maximum atomic E-state index is 9.87. The molecule has 0 bridgehead atoms. The van der Waals surface area contributed by atoms with Crippen LogP contribution >= 0.6 is 0 Å². The average molecular weight is 259 g/mol. The molecule has 2 atom stereocenters. The maximum absolute atomic E-state index is 9.87. The average Bonchev–Trinajstić information content (AvgIpc) is 2.91. The minimum atomic E-state index is -0.405. The topological polar surface area (TPSA) is 60.2 Å². The zero-order valence-corrected chi connectivity index (χ0v) is 10.6. The number of nitrogens with zero attached hydrogens (tertiary/aromatic N) is 3. The highest BCUT2D eigenvalue weighted by Gasteiger charge is 2.25. The van der Waals surface area contributed by atoms with Crippen LogP contribution in [0.4, 0.5) is 0 Å². The van der Waals surface area contributed by atoms with E-state index in [0.29, 0.717) is 6.01 Å². The van der Waals surface area contributed by atoms with Gasteiger partial charge in [-0.1, -0.05) is 24.6 Å². The summed E-state index contributed by atoms with van der Waals surface area (Å²) < 4.78 is 7.35. The Labute approximate surface area is 111 Å². The van der Waals surface area contributed by atoms with Gasteiger partial charge in [0.25, 0.3) is 0 Å². The monoisotopic (exact) mass is 259 g/mol. The Bertz CT molecular complexity index is 526. The van der Waals surface area contributed by atoms with E-state index < -0.39 is 6.10 Å². The fraction of sp³-hybridized carbons (Fsp3) is 0.429. The van der Waals surface area contributed by atoms with Gasteiger partial charge in [0.2, 0.25) is 0 Å². The summed E-state index contributed by atoms with van der Waals surface area (Å²) >= 11 is 0. The third kappa shape index (κ3) is 2.76. The SMILES string of the molecule is O[C@H]1CCCC[C@@H]1Oc1ncn(-c2ccccc2)n1. The van der Waals surface area contributed by atoms with Crippen molar-refractivity contribution in [3.8, 4) is 11.7 Å². The van der Waals surface area contributed by atoms with Crippen LogP contribution in [0.25, 0.3) is 5.69 Å². The summed E-state index contributed by atoms with van der Waals surface area (Å²) in [6, 6.07) is 10.1. The van der Waals surface area contributed by atoms with Crippen LogP contribution in [0.5, 0.6) is 6.01 Å². The molecular weight excluding hydrogens is 242 g/mol. The van der Waals surface area contributed by atoms with Crippen LogP contribution in [0, 0.1) is 0 Å². The molecule has 0 unspecified atom stereocenters. The second-order valence-corrected chi connectivity index (χ2v) is 4.82. The van der Waals surface area contributed by atoms with Gasteiger partial charge in [0, 0.05) is 0 Å². The molecule has 5 heteroatoms. The Morgan fingerprint density at radius 2 is 1.95 bits per heavy atom. The summed E-state index contributed by atoms with van der Waals surface area (Å²) in [6.07, 6.45) is 4.84. The number of hydrogen-bond donors (Lipinski definition) is 1. The first kappa shape index (κ1) is 12.2. The second kappa shape index (κ2) is 5.40. The van der Waals surface area contributed by atoms with E-state index >= 15 is 0 Å². The lowest BCUT2D eigenvalue weighted by Gasteiger charge is -2.26. The summed E-state index contributed by atoms with van der Waals surface area (Å²) in [6.45, 7) is 0. The molecule has 1 heterocycles. The smallest absolute Gasteiger partial charge is 0.336 e. The second-order valence-electron chi connectivity index (χ2n) is 4.82. The normalized spacial score (nSPS) is 23.2. The fourth-order valence-corrected chi connectivity index (χ4v) is 2.36. The van der Waals surface area contributed by atoms with Gasteiger partial charge in [-0.05, 0) is 31.4 Å². The molecule has 5 nitrogen and oxygen atoms in total. The summed E-state index contributed by atoms with van der Waals surface area (Å²) in [7, 11) is 0. The van der Waals surface area contributed by atoms with E-state index in [4.69, 9.17) is 4.74 Å². The van der Waals surface area contributed by atoms with E-state index in [-0.39, 0.29) is 6.10 Å². The van der Waals surface area contributed by atoms with E-state index in [0.717, 1.165) is 31.4 Å². The highest BCUT2D eigenvalue weighted by atomic mass is 16.5. The zero-order chi connectivity index (χ0) is 13.1. The predicted molar refractivity (Wildman–Crippen MR) is 70.2 cm³/mol. The highest BCUT2D eigenvalue weighted by molar-refractivity contribution is 5.29. The van der Waals surface area contributed by atoms with Crippen molar-refractivity contribution in [1.82, 2.24) is 14.8 Å². The fourth-order valence-electron chi connectivity index (χ4n) is 2.36. The zero-order valence-electron chi connectivity index (χ0n) is 10.6. The Kier molecular flexibility index (Phi) is 3.46. The first-order valence-corrected chi connectivity index (χ1v) is 6.65. The summed E-state index contributed by atoms with van der Waals surface area (Å²) in [5.74, 6) is 0. The predicted octanol–water partition coefficient (Wildman–Crippen LogP) is 1.95. The molecule has 1 aliphatic rings. The van der Waals surface area contributed by atoms with Crippen LogP contribution in [0.2, 0.25) is 0 Å². The molecule has 0 spiro atoms. The van der Waals surface area contributed by atoms with Gasteiger partial charge in [0.15, 0.2) is 0 Å². The van der Waals surface area contributed by atoms with Crippen LogP contribution in [0.3, 0.4) is 0 Å². The number of ether oxygens (including phenoxy) is 1. The lowest BCUT2D eigenvalue weighted by Crippen LogP contribution is -2.34. The van der Waals surface area contributed by atoms with Crippen molar-refractivity contribution >= 4 is 0 Å². The lowest BCUT2D eigenvalue weighted by atomic mass is 9.95. The van der Waals surface area contributed by atoms with Gasteiger partial charge in [-0.25, -0.2) is 4.68 Å². The molecule has 0 saturated heterocycles. The van der Waals surface area contributed by atoms with Crippen LogP contribution < -0.4 is 4.74 Å². The molecule has 1 aromatic heterocycles. The molecule has 1 saturated carbocycles. The molecule has 1 fully saturated rings. The number of benzene rings is 1. The number of aromatic nitrogens is 3. The molecule has 1 aromatic carbocycles. The summed E-state index contributed by atoms with van der Waals surface area (Å²) in [5.41, 5.74) is 0.939. The van der Waals surface area contributed by atoms with Gasteiger partial charge in [-0.3, -0.25) is 0 Å². The number of aliphatic hydroxyl groups is 1. The largest absolute Gasteiger partial charge is 0.456 e. The van der Waals surface area contributed by atoms with Crippen LogP contribution in [-0.4, -0.2) is 32.1 Å². The number of rotatable bonds is 3. The molecule has 0 amide bonds. The van der Waals surface area contributed by atoms with E-state index in [1.54, 1.807) is 11.0 Å². The van der Waals surface area contributed by atoms with E-state index in [1.165, 1.54) is 0 Å². The Morgan fingerprint density at radius 1 is 1.16 bits per heavy atom. The van der Waals surface area contributed by atoms with E-state index in [9.17, 15) is 5.11 Å². The molecule has 2 aromatic rings. The first-order chi connectivity index (χ1) is 9.33. The molecule has 19 heavy (non-hydrogen) atoms. The first-order valence-electron chi connectivity index (χ1n) is 6.65. The van der Waals surface area contributed by atoms with Crippen molar-refractivity contribution in [3.63, 3.8) is 0 Å². The van der Waals surface area contributed by atoms with Crippen LogP contribution in [0.15, 0.2) is 36.7 Å². The van der Waals surface area contributed by atoms with Gasteiger partial charge in [-0.15, -0.1) is 5.10 Å².